The summed E-state index contributed by atoms with van der Waals surface area (Å²) in [5, 5.41) is 10.7. The van der Waals surface area contributed by atoms with Gasteiger partial charge in [-0.15, -0.1) is 0 Å². The van der Waals surface area contributed by atoms with Crippen molar-refractivity contribution in [3.05, 3.63) is 78.0 Å². The summed E-state index contributed by atoms with van der Waals surface area (Å²) in [6.07, 6.45) is 0. The maximum atomic E-state index is 13.1. The molecule has 1 unspecified atom stereocenters. The SMILES string of the molecule is C[C@@H]1CN(C(=O)c2ccccc2)CCN1C(C#N)C(=O)c1ccc2ccccc2n1. The fraction of sp³-hybridized carbons (Fsp3) is 0.250. The van der Waals surface area contributed by atoms with Crippen LogP contribution in [-0.4, -0.2) is 58.2 Å². The number of amides is 1. The molecule has 1 aliphatic heterocycles. The van der Waals surface area contributed by atoms with Crippen LogP contribution in [0.15, 0.2) is 66.7 Å². The molecule has 1 amide bonds. The summed E-state index contributed by atoms with van der Waals surface area (Å²) in [7, 11) is 0. The van der Waals surface area contributed by atoms with Crippen LogP contribution in [0, 0.1) is 11.3 Å². The summed E-state index contributed by atoms with van der Waals surface area (Å²) < 4.78 is 0. The molecule has 1 aliphatic rings. The summed E-state index contributed by atoms with van der Waals surface area (Å²) in [6, 6.07) is 21.4. The zero-order chi connectivity index (χ0) is 21.1. The second-order valence-corrected chi connectivity index (χ2v) is 7.49. The van der Waals surface area contributed by atoms with E-state index in [0.29, 0.717) is 25.2 Å². The number of pyridine rings is 1. The predicted octanol–water partition coefficient (Wildman–Crippen LogP) is 3.16. The molecule has 2 heterocycles. The molecule has 0 bridgehead atoms. The van der Waals surface area contributed by atoms with Crippen LogP contribution in [0.25, 0.3) is 10.9 Å². The molecule has 0 spiro atoms. The number of ketones is 1. The fourth-order valence-corrected chi connectivity index (χ4v) is 3.93. The molecule has 1 saturated heterocycles. The van der Waals surface area contributed by atoms with Crippen LogP contribution in [0.2, 0.25) is 0 Å². The van der Waals surface area contributed by atoms with Crippen LogP contribution >= 0.6 is 0 Å². The standard InChI is InChI=1S/C24H22N4O2/c1-17-16-27(24(30)19-8-3-2-4-9-19)13-14-28(17)22(15-25)23(29)21-12-11-18-7-5-6-10-20(18)26-21/h2-12,17,22H,13-14,16H2,1H3/t17-,22?/m1/s1. The Hall–Kier alpha value is -3.56. The molecule has 6 heteroatoms. The third kappa shape index (κ3) is 3.80. The van der Waals surface area contributed by atoms with Crippen LogP contribution in [-0.2, 0) is 0 Å². The normalized spacial score (nSPS) is 18.0. The minimum Gasteiger partial charge on any atom is -0.336 e. The maximum Gasteiger partial charge on any atom is 0.253 e. The Morgan fingerprint density at radius 1 is 1.03 bits per heavy atom. The Labute approximate surface area is 175 Å². The number of rotatable bonds is 4. The Morgan fingerprint density at radius 2 is 1.77 bits per heavy atom. The van der Waals surface area contributed by atoms with Crippen molar-refractivity contribution < 1.29 is 9.59 Å². The first-order valence-corrected chi connectivity index (χ1v) is 9.98. The molecule has 30 heavy (non-hydrogen) atoms. The van der Waals surface area contributed by atoms with Crippen LogP contribution in [0.3, 0.4) is 0 Å². The fourth-order valence-electron chi connectivity index (χ4n) is 3.93. The Morgan fingerprint density at radius 3 is 2.50 bits per heavy atom. The van der Waals surface area contributed by atoms with Crippen molar-refractivity contribution in [2.24, 2.45) is 0 Å². The minimum atomic E-state index is -0.928. The molecule has 0 radical (unpaired) electrons. The molecule has 0 aliphatic carbocycles. The first kappa shape index (κ1) is 19.7. The van der Waals surface area contributed by atoms with Gasteiger partial charge >= 0.3 is 0 Å². The van der Waals surface area contributed by atoms with Crippen LogP contribution in [0.4, 0.5) is 0 Å². The predicted molar refractivity (Wildman–Crippen MR) is 114 cm³/mol. The molecular formula is C24H22N4O2. The van der Waals surface area contributed by atoms with Gasteiger partial charge in [0.25, 0.3) is 5.91 Å². The highest BCUT2D eigenvalue weighted by Gasteiger charge is 2.36. The lowest BCUT2D eigenvalue weighted by molar-refractivity contribution is 0.0428. The second kappa shape index (κ2) is 8.44. The lowest BCUT2D eigenvalue weighted by atomic mass is 10.0. The number of nitriles is 1. The van der Waals surface area contributed by atoms with Gasteiger partial charge in [-0.3, -0.25) is 14.5 Å². The van der Waals surface area contributed by atoms with Crippen LogP contribution < -0.4 is 0 Å². The lowest BCUT2D eigenvalue weighted by Gasteiger charge is -2.41. The van der Waals surface area contributed by atoms with Gasteiger partial charge in [-0.25, -0.2) is 4.98 Å². The molecule has 1 fully saturated rings. The van der Waals surface area contributed by atoms with E-state index in [2.05, 4.69) is 11.1 Å². The Balaban J connectivity index is 1.50. The third-order valence-corrected chi connectivity index (χ3v) is 5.54. The number of benzene rings is 2. The number of Topliss-reactive ketones (excluding diaryl/α,β-unsaturated/α-hetero) is 1. The van der Waals surface area contributed by atoms with E-state index in [-0.39, 0.29) is 23.4 Å². The Kier molecular flexibility index (Phi) is 5.55. The number of piperazine rings is 1. The molecule has 150 valence electrons. The zero-order valence-electron chi connectivity index (χ0n) is 16.7. The average Bonchev–Trinajstić information content (AvgIpc) is 2.80. The highest BCUT2D eigenvalue weighted by atomic mass is 16.2. The lowest BCUT2D eigenvalue weighted by Crippen LogP contribution is -2.58. The largest absolute Gasteiger partial charge is 0.336 e. The molecule has 0 saturated carbocycles. The van der Waals surface area contributed by atoms with Gasteiger partial charge in [0, 0.05) is 36.6 Å². The van der Waals surface area contributed by atoms with E-state index in [1.165, 1.54) is 0 Å². The highest BCUT2D eigenvalue weighted by Crippen LogP contribution is 2.19. The van der Waals surface area contributed by atoms with Crippen molar-refractivity contribution in [1.29, 1.82) is 5.26 Å². The monoisotopic (exact) mass is 398 g/mol. The van der Waals surface area contributed by atoms with Gasteiger partial charge in [0.2, 0.25) is 5.78 Å². The van der Waals surface area contributed by atoms with E-state index in [1.807, 2.05) is 60.4 Å². The van der Waals surface area contributed by atoms with Gasteiger partial charge in [-0.1, -0.05) is 42.5 Å². The van der Waals surface area contributed by atoms with E-state index < -0.39 is 6.04 Å². The number of hydrogen-bond acceptors (Lipinski definition) is 5. The minimum absolute atomic E-state index is 0.0295. The van der Waals surface area contributed by atoms with Gasteiger partial charge < -0.3 is 4.90 Å². The van der Waals surface area contributed by atoms with Crippen molar-refractivity contribution >= 4 is 22.6 Å². The van der Waals surface area contributed by atoms with Crippen molar-refractivity contribution in [2.45, 2.75) is 19.0 Å². The first-order chi connectivity index (χ1) is 14.6. The number of hydrogen-bond donors (Lipinski definition) is 0. The summed E-state index contributed by atoms with van der Waals surface area (Å²) in [4.78, 5) is 33.9. The topological polar surface area (TPSA) is 77.3 Å². The number of nitrogens with zero attached hydrogens (tertiary/aromatic N) is 4. The van der Waals surface area contributed by atoms with Gasteiger partial charge in [-0.05, 0) is 31.2 Å². The third-order valence-electron chi connectivity index (χ3n) is 5.54. The van der Waals surface area contributed by atoms with Crippen molar-refractivity contribution in [2.75, 3.05) is 19.6 Å². The molecule has 3 aromatic rings. The van der Waals surface area contributed by atoms with E-state index in [9.17, 15) is 14.9 Å². The average molecular weight is 398 g/mol. The van der Waals surface area contributed by atoms with E-state index in [4.69, 9.17) is 0 Å². The van der Waals surface area contributed by atoms with Gasteiger partial charge in [0.15, 0.2) is 6.04 Å². The zero-order valence-corrected chi connectivity index (χ0v) is 16.7. The molecule has 4 rings (SSSR count). The molecule has 2 aromatic carbocycles. The van der Waals surface area contributed by atoms with E-state index in [0.717, 1.165) is 10.9 Å². The molecular weight excluding hydrogens is 376 g/mol. The van der Waals surface area contributed by atoms with Crippen LogP contribution in [0.5, 0.6) is 0 Å². The first-order valence-electron chi connectivity index (χ1n) is 9.98. The molecule has 2 atom stereocenters. The van der Waals surface area contributed by atoms with Crippen molar-refractivity contribution in [1.82, 2.24) is 14.8 Å². The summed E-state index contributed by atoms with van der Waals surface area (Å²) in [5.41, 5.74) is 1.66. The smallest absolute Gasteiger partial charge is 0.253 e. The number of aromatic nitrogens is 1. The second-order valence-electron chi connectivity index (χ2n) is 7.49. The number of carbonyl (C=O) groups is 2. The summed E-state index contributed by atoms with van der Waals surface area (Å²) in [5.74, 6) is -0.337. The molecule has 1 aromatic heterocycles. The van der Waals surface area contributed by atoms with Crippen molar-refractivity contribution in [3.8, 4) is 6.07 Å². The summed E-state index contributed by atoms with van der Waals surface area (Å²) in [6.45, 7) is 3.33. The molecule has 6 nitrogen and oxygen atoms in total. The highest BCUT2D eigenvalue weighted by molar-refractivity contribution is 6.01. The van der Waals surface area contributed by atoms with Crippen molar-refractivity contribution in [3.63, 3.8) is 0 Å². The number of fused-ring (bicyclic) bond motifs is 1. The number of para-hydroxylation sites is 1. The van der Waals surface area contributed by atoms with Gasteiger partial charge in [-0.2, -0.15) is 5.26 Å². The van der Waals surface area contributed by atoms with Gasteiger partial charge in [0.05, 0.1) is 11.6 Å². The maximum absolute atomic E-state index is 13.1. The molecule has 0 N–H and O–H groups in total. The number of carbonyl (C=O) groups excluding carboxylic acids is 2. The Bertz CT molecular complexity index is 1120. The summed E-state index contributed by atoms with van der Waals surface area (Å²) >= 11 is 0. The van der Waals surface area contributed by atoms with Crippen LogP contribution in [0.1, 0.15) is 27.8 Å². The van der Waals surface area contributed by atoms with Gasteiger partial charge in [0.1, 0.15) is 5.69 Å². The quantitative estimate of drug-likeness (QED) is 0.631. The van der Waals surface area contributed by atoms with E-state index in [1.54, 1.807) is 23.1 Å². The van der Waals surface area contributed by atoms with E-state index >= 15 is 0 Å².